The van der Waals surface area contributed by atoms with Gasteiger partial charge in [0.05, 0.1) is 0 Å². The fraction of sp³-hybridized carbons (Fsp3) is 0.200. The molecule has 0 amide bonds. The van der Waals surface area contributed by atoms with Gasteiger partial charge in [-0.15, -0.1) is 0 Å². The van der Waals surface area contributed by atoms with Gasteiger partial charge in [-0.1, -0.05) is 0 Å². The van der Waals surface area contributed by atoms with E-state index in [1.54, 1.807) is 6.92 Å². The van der Waals surface area contributed by atoms with E-state index >= 15 is 0 Å². The van der Waals surface area contributed by atoms with Crippen molar-refractivity contribution in [3.8, 4) is 5.75 Å². The van der Waals surface area contributed by atoms with Gasteiger partial charge in [-0.25, -0.2) is 0 Å². The molecule has 0 spiro atoms. The van der Waals surface area contributed by atoms with E-state index in [0.29, 0.717) is 11.6 Å². The zero-order valence-corrected chi connectivity index (χ0v) is 17.1. The summed E-state index contributed by atoms with van der Waals surface area (Å²) in [5.41, 5.74) is 0.126. The molecule has 2 radical (unpaired) electrons. The van der Waals surface area contributed by atoms with E-state index in [4.69, 9.17) is 23.2 Å². The first-order chi connectivity index (χ1) is 12.1. The summed E-state index contributed by atoms with van der Waals surface area (Å²) in [6, 6.07) is 4.26. The SMILES string of the molecule is CCNc1sc(C(=O)c2ccc(Cl)cc2Cl)c([As])c1OC(=O)C(F)(F)F. The fourth-order valence-corrected chi connectivity index (χ4v) is 4.42. The van der Waals surface area contributed by atoms with Crippen molar-refractivity contribution in [3.05, 3.63) is 38.7 Å². The summed E-state index contributed by atoms with van der Waals surface area (Å²) in [4.78, 5) is 24.0. The van der Waals surface area contributed by atoms with Crippen LogP contribution in [-0.4, -0.2) is 41.3 Å². The Morgan fingerprint density at radius 1 is 1.31 bits per heavy atom. The van der Waals surface area contributed by atoms with Gasteiger partial charge in [0, 0.05) is 0 Å². The summed E-state index contributed by atoms with van der Waals surface area (Å²) in [5.74, 6) is -3.25. The Bertz CT molecular complexity index is 871. The number of anilines is 1. The predicted octanol–water partition coefficient (Wildman–Crippen LogP) is 3.98. The molecule has 0 aliphatic rings. The summed E-state index contributed by atoms with van der Waals surface area (Å²) in [7, 11) is 0. The fourth-order valence-electron chi connectivity index (χ4n) is 1.88. The number of rotatable bonds is 5. The van der Waals surface area contributed by atoms with E-state index in [0.717, 1.165) is 11.3 Å². The monoisotopic (exact) mass is 485 g/mol. The van der Waals surface area contributed by atoms with Gasteiger partial charge in [-0.05, 0) is 0 Å². The summed E-state index contributed by atoms with van der Waals surface area (Å²) in [5, 5.41) is 3.35. The number of thiophene rings is 1. The van der Waals surface area contributed by atoms with Crippen molar-refractivity contribution in [3.63, 3.8) is 0 Å². The number of ether oxygens (including phenoxy) is 1. The molecule has 0 atom stereocenters. The van der Waals surface area contributed by atoms with Crippen molar-refractivity contribution < 1.29 is 27.5 Å². The number of esters is 1. The van der Waals surface area contributed by atoms with Crippen molar-refractivity contribution in [1.82, 2.24) is 0 Å². The summed E-state index contributed by atoms with van der Waals surface area (Å²) < 4.78 is 42.1. The van der Waals surface area contributed by atoms with Gasteiger partial charge in [0.1, 0.15) is 0 Å². The van der Waals surface area contributed by atoms with E-state index in [1.165, 1.54) is 18.2 Å². The van der Waals surface area contributed by atoms with Crippen molar-refractivity contribution in [1.29, 1.82) is 0 Å². The van der Waals surface area contributed by atoms with Crippen molar-refractivity contribution in [2.24, 2.45) is 0 Å². The van der Waals surface area contributed by atoms with Crippen LogP contribution in [-0.2, 0) is 4.79 Å². The topological polar surface area (TPSA) is 55.4 Å². The van der Waals surface area contributed by atoms with Crippen molar-refractivity contribution in [2.75, 3.05) is 11.9 Å². The molecule has 4 nitrogen and oxygen atoms in total. The Balaban J connectivity index is 2.48. The van der Waals surface area contributed by atoms with Crippen LogP contribution in [0.3, 0.4) is 0 Å². The van der Waals surface area contributed by atoms with Crippen LogP contribution in [0.5, 0.6) is 5.75 Å². The third kappa shape index (κ3) is 4.54. The molecule has 0 saturated heterocycles. The van der Waals surface area contributed by atoms with E-state index in [1.807, 2.05) is 16.9 Å². The van der Waals surface area contributed by atoms with Gasteiger partial charge in [0.25, 0.3) is 0 Å². The second-order valence-electron chi connectivity index (χ2n) is 4.81. The standard InChI is InChI=1S/C15H9AsCl2F3NO3S/c1-2-22-13-11(25-14(24)15(19,20)21)9(16)12(26-13)10(23)7-4-3-6(17)5-8(7)18/h3-5,22H,2H2,1H3. The summed E-state index contributed by atoms with van der Waals surface area (Å²) in [6.45, 7) is 2.05. The second-order valence-corrected chi connectivity index (χ2v) is 7.61. The Morgan fingerprint density at radius 3 is 2.50 bits per heavy atom. The first kappa shape index (κ1) is 21.1. The van der Waals surface area contributed by atoms with Gasteiger partial charge in [0.2, 0.25) is 0 Å². The van der Waals surface area contributed by atoms with Gasteiger partial charge in [-0.2, -0.15) is 0 Å². The average molecular weight is 486 g/mol. The van der Waals surface area contributed by atoms with E-state index in [2.05, 4.69) is 10.1 Å². The zero-order chi connectivity index (χ0) is 19.6. The quantitative estimate of drug-likeness (QED) is 0.395. The molecule has 11 heteroatoms. The normalized spacial score (nSPS) is 11.3. The number of carbonyl (C=O) groups excluding carboxylic acids is 2. The molecule has 2 rings (SSSR count). The Kier molecular flexibility index (Phi) is 6.66. The van der Waals surface area contributed by atoms with E-state index in [9.17, 15) is 22.8 Å². The average Bonchev–Trinajstić information content (AvgIpc) is 2.83. The number of nitrogens with one attached hydrogen (secondary N) is 1. The molecule has 0 fully saturated rings. The number of alkyl halides is 3. The molecular weight excluding hydrogens is 477 g/mol. The molecule has 0 bridgehead atoms. The third-order valence-corrected chi connectivity index (χ3v) is 5.89. The molecule has 1 heterocycles. The Labute approximate surface area is 169 Å². The number of hydrogen-bond acceptors (Lipinski definition) is 5. The van der Waals surface area contributed by atoms with Crippen LogP contribution < -0.4 is 14.4 Å². The molecule has 1 N–H and O–H groups in total. The van der Waals surface area contributed by atoms with Crippen LogP contribution in [0.1, 0.15) is 22.2 Å². The summed E-state index contributed by atoms with van der Waals surface area (Å²) >= 11 is 14.6. The van der Waals surface area contributed by atoms with Gasteiger partial charge in [-0.3, -0.25) is 0 Å². The molecule has 0 aliphatic heterocycles. The maximum atomic E-state index is 12.7. The third-order valence-electron chi connectivity index (χ3n) is 2.99. The van der Waals surface area contributed by atoms with Crippen molar-refractivity contribution in [2.45, 2.75) is 13.1 Å². The molecule has 1 aromatic carbocycles. The van der Waals surface area contributed by atoms with Crippen LogP contribution in [0.15, 0.2) is 18.2 Å². The zero-order valence-electron chi connectivity index (χ0n) is 12.9. The van der Waals surface area contributed by atoms with E-state index in [-0.39, 0.29) is 30.6 Å². The minimum atomic E-state index is -5.16. The second kappa shape index (κ2) is 8.21. The molecule has 0 unspecified atom stereocenters. The molecular formula is C15H9AsCl2F3NO3S. The molecule has 26 heavy (non-hydrogen) atoms. The Hall–Kier alpha value is -1.21. The maximum absolute atomic E-state index is 12.7. The number of benzene rings is 1. The molecule has 1 aromatic heterocycles. The van der Waals surface area contributed by atoms with Crippen LogP contribution in [0.4, 0.5) is 18.2 Å². The van der Waals surface area contributed by atoms with Crippen molar-refractivity contribution >= 4 is 72.5 Å². The first-order valence-electron chi connectivity index (χ1n) is 6.94. The summed E-state index contributed by atoms with van der Waals surface area (Å²) in [6.07, 6.45) is -5.16. The number of halogens is 5. The molecule has 0 aliphatic carbocycles. The van der Waals surface area contributed by atoms with Crippen LogP contribution in [0, 0.1) is 0 Å². The Morgan fingerprint density at radius 2 is 1.96 bits per heavy atom. The van der Waals surface area contributed by atoms with Crippen LogP contribution in [0.25, 0.3) is 0 Å². The van der Waals surface area contributed by atoms with Crippen LogP contribution in [0.2, 0.25) is 10.0 Å². The molecule has 2 aromatic rings. The number of ketones is 1. The van der Waals surface area contributed by atoms with Gasteiger partial charge in [0.15, 0.2) is 0 Å². The molecule has 0 saturated carbocycles. The number of hydrogen-bond donors (Lipinski definition) is 1. The van der Waals surface area contributed by atoms with E-state index < -0.39 is 17.9 Å². The first-order valence-corrected chi connectivity index (χ1v) is 9.45. The number of carbonyl (C=O) groups is 2. The van der Waals surface area contributed by atoms with Gasteiger partial charge >= 0.3 is 169 Å². The molecule has 138 valence electrons. The predicted molar refractivity (Wildman–Crippen MR) is 95.5 cm³/mol. The van der Waals surface area contributed by atoms with Gasteiger partial charge < -0.3 is 0 Å². The minimum absolute atomic E-state index is 0.0482. The van der Waals surface area contributed by atoms with Crippen LogP contribution >= 0.6 is 34.5 Å².